The average Bonchev–Trinajstić information content (AvgIpc) is 2.60. The molecule has 136 valence electrons. The van der Waals surface area contributed by atoms with Gasteiger partial charge in [0.2, 0.25) is 5.91 Å². The lowest BCUT2D eigenvalue weighted by Crippen LogP contribution is -2.50. The number of carbonyl (C=O) groups is 3. The van der Waals surface area contributed by atoms with Crippen LogP contribution >= 0.6 is 0 Å². The number of nitrogens with zero attached hydrogens (tertiary/aromatic N) is 1. The average molecular weight is 349 g/mol. The molecule has 8 heteroatoms. The molecule has 1 saturated heterocycles. The highest BCUT2D eigenvalue weighted by Gasteiger charge is 2.30. The van der Waals surface area contributed by atoms with Crippen LogP contribution in [0.5, 0.6) is 0 Å². The summed E-state index contributed by atoms with van der Waals surface area (Å²) < 4.78 is 5.28. The highest BCUT2D eigenvalue weighted by molar-refractivity contribution is 5.81. The Kier molecular flexibility index (Phi) is 6.76. The second-order valence-electron chi connectivity index (χ2n) is 6.04. The molecule has 0 radical (unpaired) electrons. The molecule has 0 spiro atoms. The molecule has 0 bridgehead atoms. The van der Waals surface area contributed by atoms with E-state index in [2.05, 4.69) is 5.32 Å². The van der Waals surface area contributed by atoms with Gasteiger partial charge < -0.3 is 25.8 Å². The first-order valence-electron chi connectivity index (χ1n) is 8.19. The smallest absolute Gasteiger partial charge is 0.410 e. The number of nitrogens with two attached hydrogens (primary N) is 1. The Morgan fingerprint density at radius 2 is 2.04 bits per heavy atom. The summed E-state index contributed by atoms with van der Waals surface area (Å²) in [4.78, 5) is 36.4. The van der Waals surface area contributed by atoms with Gasteiger partial charge in [-0.2, -0.15) is 0 Å². The Labute approximate surface area is 145 Å². The van der Waals surface area contributed by atoms with Crippen molar-refractivity contribution in [3.63, 3.8) is 0 Å². The molecule has 1 aromatic rings. The van der Waals surface area contributed by atoms with Crippen LogP contribution in [0.15, 0.2) is 30.3 Å². The third-order valence-corrected chi connectivity index (χ3v) is 3.98. The van der Waals surface area contributed by atoms with E-state index in [1.165, 1.54) is 4.90 Å². The standard InChI is InChI=1S/C17H23N3O5/c18-14(9-15(21)22)19-16(23)13-7-4-8-20(10-13)17(24)25-11-12-5-2-1-3-6-12/h1-3,5-6,13-14H,4,7-11,18H2,(H,19,23)(H,21,22)/t13?,14-/m0/s1. The number of ether oxygens (including phenoxy) is 1. The van der Waals surface area contributed by atoms with Gasteiger partial charge in [-0.25, -0.2) is 4.79 Å². The predicted octanol–water partition coefficient (Wildman–Crippen LogP) is 0.911. The van der Waals surface area contributed by atoms with Crippen molar-refractivity contribution in [1.29, 1.82) is 0 Å². The van der Waals surface area contributed by atoms with Crippen LogP contribution in [0.3, 0.4) is 0 Å². The maximum Gasteiger partial charge on any atom is 0.410 e. The van der Waals surface area contributed by atoms with Crippen molar-refractivity contribution in [2.24, 2.45) is 11.7 Å². The van der Waals surface area contributed by atoms with E-state index in [-0.39, 0.29) is 25.5 Å². The third kappa shape index (κ3) is 6.07. The molecule has 1 aliphatic heterocycles. The van der Waals surface area contributed by atoms with Gasteiger partial charge in [-0.1, -0.05) is 30.3 Å². The van der Waals surface area contributed by atoms with E-state index >= 15 is 0 Å². The zero-order chi connectivity index (χ0) is 18.2. The van der Waals surface area contributed by atoms with Crippen LogP contribution in [0.2, 0.25) is 0 Å². The van der Waals surface area contributed by atoms with Crippen LogP contribution in [0.4, 0.5) is 4.79 Å². The molecule has 2 amide bonds. The topological polar surface area (TPSA) is 122 Å². The fraction of sp³-hybridized carbons (Fsp3) is 0.471. The summed E-state index contributed by atoms with van der Waals surface area (Å²) in [7, 11) is 0. The van der Waals surface area contributed by atoms with Gasteiger partial charge in [-0.3, -0.25) is 9.59 Å². The SMILES string of the molecule is N[C@H](CC(=O)O)NC(=O)C1CCCN(C(=O)OCc2ccccc2)C1. The van der Waals surface area contributed by atoms with E-state index in [1.807, 2.05) is 30.3 Å². The number of hydrogen-bond acceptors (Lipinski definition) is 5. The van der Waals surface area contributed by atoms with E-state index in [0.717, 1.165) is 5.56 Å². The summed E-state index contributed by atoms with van der Waals surface area (Å²) >= 11 is 0. The summed E-state index contributed by atoms with van der Waals surface area (Å²) in [5, 5.41) is 11.2. The highest BCUT2D eigenvalue weighted by Crippen LogP contribution is 2.18. The molecule has 4 N–H and O–H groups in total. The Balaban J connectivity index is 1.81. The maximum absolute atomic E-state index is 12.2. The minimum Gasteiger partial charge on any atom is -0.481 e. The second kappa shape index (κ2) is 9.03. The number of carboxylic acid groups (broad SMARTS) is 1. The van der Waals surface area contributed by atoms with Gasteiger partial charge >= 0.3 is 12.1 Å². The van der Waals surface area contributed by atoms with Crippen LogP contribution < -0.4 is 11.1 Å². The van der Waals surface area contributed by atoms with Gasteiger partial charge in [0.05, 0.1) is 18.5 Å². The van der Waals surface area contributed by atoms with Crippen LogP contribution in [-0.4, -0.2) is 47.2 Å². The number of likely N-dealkylation sites (tertiary alicyclic amines) is 1. The lowest BCUT2D eigenvalue weighted by Gasteiger charge is -2.31. The molecule has 25 heavy (non-hydrogen) atoms. The molecule has 1 heterocycles. The Morgan fingerprint density at radius 3 is 2.72 bits per heavy atom. The number of carbonyl (C=O) groups excluding carboxylic acids is 2. The number of benzene rings is 1. The van der Waals surface area contributed by atoms with Crippen LogP contribution in [0, 0.1) is 5.92 Å². The van der Waals surface area contributed by atoms with Crippen molar-refractivity contribution in [3.05, 3.63) is 35.9 Å². The number of hydrogen-bond donors (Lipinski definition) is 3. The molecule has 1 aliphatic rings. The van der Waals surface area contributed by atoms with E-state index in [9.17, 15) is 14.4 Å². The van der Waals surface area contributed by atoms with Crippen molar-refractivity contribution in [3.8, 4) is 0 Å². The molecular weight excluding hydrogens is 326 g/mol. The zero-order valence-electron chi connectivity index (χ0n) is 13.9. The minimum atomic E-state index is -1.08. The van der Waals surface area contributed by atoms with Gasteiger partial charge in [-0.05, 0) is 18.4 Å². The third-order valence-electron chi connectivity index (χ3n) is 3.98. The summed E-state index contributed by atoms with van der Waals surface area (Å²) in [6.45, 7) is 0.939. The van der Waals surface area contributed by atoms with Gasteiger partial charge in [0.15, 0.2) is 0 Å². The first-order chi connectivity index (χ1) is 12.0. The summed E-state index contributed by atoms with van der Waals surface area (Å²) in [6.07, 6.45) is -0.455. The lowest BCUT2D eigenvalue weighted by atomic mass is 9.97. The monoisotopic (exact) mass is 349 g/mol. The number of rotatable bonds is 6. The second-order valence-corrected chi connectivity index (χ2v) is 6.04. The minimum absolute atomic E-state index is 0.177. The van der Waals surface area contributed by atoms with Crippen molar-refractivity contribution < 1.29 is 24.2 Å². The lowest BCUT2D eigenvalue weighted by molar-refractivity contribution is -0.137. The Morgan fingerprint density at radius 1 is 1.32 bits per heavy atom. The van der Waals surface area contributed by atoms with Gasteiger partial charge in [0.1, 0.15) is 6.61 Å². The van der Waals surface area contributed by atoms with Crippen molar-refractivity contribution in [1.82, 2.24) is 10.2 Å². The van der Waals surface area contributed by atoms with Gasteiger partial charge in [-0.15, -0.1) is 0 Å². The number of nitrogens with one attached hydrogen (secondary N) is 1. The quantitative estimate of drug-likeness (QED) is 0.656. The van der Waals surface area contributed by atoms with E-state index in [4.69, 9.17) is 15.6 Å². The number of amides is 2. The molecule has 1 aromatic carbocycles. The number of piperidine rings is 1. The predicted molar refractivity (Wildman–Crippen MR) is 89.3 cm³/mol. The first-order valence-corrected chi connectivity index (χ1v) is 8.19. The summed E-state index contributed by atoms with van der Waals surface area (Å²) in [6, 6.07) is 9.34. The fourth-order valence-corrected chi connectivity index (χ4v) is 2.71. The van der Waals surface area contributed by atoms with Crippen molar-refractivity contribution in [2.45, 2.75) is 32.0 Å². The zero-order valence-corrected chi connectivity index (χ0v) is 13.9. The molecule has 0 saturated carbocycles. The maximum atomic E-state index is 12.2. The van der Waals surface area contributed by atoms with E-state index in [0.29, 0.717) is 19.4 Å². The van der Waals surface area contributed by atoms with E-state index < -0.39 is 24.1 Å². The number of aliphatic carboxylic acids is 1. The Hall–Kier alpha value is -2.61. The fourth-order valence-electron chi connectivity index (χ4n) is 2.71. The molecule has 1 fully saturated rings. The first kappa shape index (κ1) is 18.7. The molecule has 1 unspecified atom stereocenters. The van der Waals surface area contributed by atoms with Crippen molar-refractivity contribution in [2.75, 3.05) is 13.1 Å². The molecule has 0 aliphatic carbocycles. The number of carboxylic acids is 1. The summed E-state index contributed by atoms with van der Waals surface area (Å²) in [5.41, 5.74) is 6.46. The largest absolute Gasteiger partial charge is 0.481 e. The van der Waals surface area contributed by atoms with Gasteiger partial charge in [0.25, 0.3) is 0 Å². The molecule has 2 atom stereocenters. The summed E-state index contributed by atoms with van der Waals surface area (Å²) in [5.74, 6) is -1.84. The van der Waals surface area contributed by atoms with Crippen LogP contribution in [0.1, 0.15) is 24.8 Å². The van der Waals surface area contributed by atoms with Crippen LogP contribution in [-0.2, 0) is 20.9 Å². The van der Waals surface area contributed by atoms with Gasteiger partial charge in [0, 0.05) is 13.1 Å². The molecule has 2 rings (SSSR count). The molecular formula is C17H23N3O5. The van der Waals surface area contributed by atoms with E-state index in [1.54, 1.807) is 0 Å². The van der Waals surface area contributed by atoms with Crippen LogP contribution in [0.25, 0.3) is 0 Å². The Bertz CT molecular complexity index is 608. The molecule has 8 nitrogen and oxygen atoms in total. The normalized spacial score (nSPS) is 18.3. The molecule has 0 aromatic heterocycles. The highest BCUT2D eigenvalue weighted by atomic mass is 16.6. The van der Waals surface area contributed by atoms with Crippen molar-refractivity contribution >= 4 is 18.0 Å².